The molecule has 0 spiro atoms. The highest BCUT2D eigenvalue weighted by atomic mass is 35.5. The zero-order valence-electron chi connectivity index (χ0n) is 30.8. The van der Waals surface area contributed by atoms with Gasteiger partial charge in [-0.2, -0.15) is 0 Å². The number of likely N-dealkylation sites (N-methyl/N-ethyl adjacent to an activating group) is 1. The Labute approximate surface area is 318 Å². The zero-order chi connectivity index (χ0) is 39.0. The molecule has 2 N–H and O–H groups in total. The first-order valence-electron chi connectivity index (χ1n) is 17.1. The van der Waals surface area contributed by atoms with Gasteiger partial charge in [-0.1, -0.05) is 35.4 Å². The van der Waals surface area contributed by atoms with E-state index in [4.69, 9.17) is 35.3 Å². The lowest BCUT2D eigenvalue weighted by molar-refractivity contribution is -0.167. The molecule has 0 aliphatic carbocycles. The Bertz CT molecular complexity index is 1640. The summed E-state index contributed by atoms with van der Waals surface area (Å²) in [6.45, 7) is 4.95. The molecule has 2 saturated heterocycles. The summed E-state index contributed by atoms with van der Waals surface area (Å²) in [5.74, 6) is -1.73. The van der Waals surface area contributed by atoms with Crippen LogP contribution in [0, 0.1) is 0 Å². The number of carbonyl (C=O) groups is 6. The lowest BCUT2D eigenvalue weighted by Gasteiger charge is -2.31. The van der Waals surface area contributed by atoms with Crippen molar-refractivity contribution in [2.45, 2.75) is 88.2 Å². The maximum absolute atomic E-state index is 13.9. The number of rotatable bonds is 9. The van der Waals surface area contributed by atoms with Crippen LogP contribution in [-0.2, 0) is 49.3 Å². The highest BCUT2D eigenvalue weighted by Crippen LogP contribution is 2.37. The Morgan fingerprint density at radius 3 is 2.57 bits per heavy atom. The van der Waals surface area contributed by atoms with Crippen molar-refractivity contribution in [3.05, 3.63) is 46.5 Å². The van der Waals surface area contributed by atoms with Crippen LogP contribution in [0.5, 0.6) is 5.75 Å². The van der Waals surface area contributed by atoms with Crippen LogP contribution >= 0.6 is 23.4 Å². The molecule has 0 radical (unpaired) electrons. The van der Waals surface area contributed by atoms with E-state index in [1.807, 2.05) is 19.1 Å². The van der Waals surface area contributed by atoms with E-state index in [2.05, 4.69) is 10.6 Å². The molecule has 1 aromatic carbocycles. The highest BCUT2D eigenvalue weighted by molar-refractivity contribution is 8.00. The molecule has 2 bridgehead atoms. The molecule has 1 aromatic rings. The molecule has 17 heteroatoms. The van der Waals surface area contributed by atoms with E-state index >= 15 is 0 Å². The van der Waals surface area contributed by atoms with E-state index in [-0.39, 0.29) is 54.4 Å². The van der Waals surface area contributed by atoms with Gasteiger partial charge >= 0.3 is 12.1 Å². The molecule has 7 atom stereocenters. The predicted molar refractivity (Wildman–Crippen MR) is 197 cm³/mol. The van der Waals surface area contributed by atoms with Crippen molar-refractivity contribution >= 4 is 64.7 Å². The lowest BCUT2D eigenvalue weighted by Crippen LogP contribution is -2.47. The number of halogens is 1. The van der Waals surface area contributed by atoms with Crippen LogP contribution < -0.4 is 20.3 Å². The highest BCUT2D eigenvalue weighted by Gasteiger charge is 2.40. The maximum Gasteiger partial charge on any atom is 0.408 e. The topological polar surface area (TPSA) is 179 Å². The number of carbonyl (C=O) groups excluding carboxylic acids is 6. The van der Waals surface area contributed by atoms with Gasteiger partial charge in [0.25, 0.3) is 0 Å². The largest absolute Gasteiger partial charge is 0.495 e. The molecule has 2 fully saturated rings. The first-order valence-corrected chi connectivity index (χ1v) is 18.6. The molecule has 5 amide bonds. The molecule has 4 rings (SSSR count). The number of esters is 1. The molecule has 53 heavy (non-hydrogen) atoms. The third kappa shape index (κ3) is 10.7. The Kier molecular flexibility index (Phi) is 14.7. The predicted octanol–water partition coefficient (Wildman–Crippen LogP) is 2.95. The summed E-state index contributed by atoms with van der Waals surface area (Å²) in [4.78, 5) is 78.7. The number of fused-ring (bicyclic) bond motifs is 3. The number of anilines is 1. The smallest absolute Gasteiger partial charge is 0.408 e. The fourth-order valence-electron chi connectivity index (χ4n) is 5.95. The van der Waals surface area contributed by atoms with Crippen molar-refractivity contribution < 1.29 is 52.5 Å². The third-order valence-electron chi connectivity index (χ3n) is 9.34. The van der Waals surface area contributed by atoms with Gasteiger partial charge in [-0.3, -0.25) is 24.5 Å². The van der Waals surface area contributed by atoms with E-state index < -0.39 is 59.7 Å². The minimum atomic E-state index is -1.15. The number of alkyl carbamates (subject to hydrolysis) is 1. The van der Waals surface area contributed by atoms with Crippen LogP contribution in [0.25, 0.3) is 0 Å². The van der Waals surface area contributed by atoms with E-state index in [1.165, 1.54) is 49.8 Å². The SMILES string of the molecule is COc1cc2cc(c1Cl)N(C)C(=O)C[C@H](OC(=O)[C@H](C)N(C)C(=O)CCSC1CC(=O)NC1=O)C(C)OCC1OC(=O)NC1[C@H](OC)/C=C/C=C(\C)C2. The Hall–Kier alpha value is -4.12. The molecule has 290 valence electrons. The van der Waals surface area contributed by atoms with Gasteiger partial charge in [-0.05, 0) is 44.9 Å². The number of ether oxygens (including phenoxy) is 5. The first kappa shape index (κ1) is 41.6. The summed E-state index contributed by atoms with van der Waals surface area (Å²) in [6.07, 6.45) is 1.74. The standard InChI is InChI=1S/C36H47ClN4O11S/c1-19-9-8-10-24(48-6)33-27(52-36(47)39-33)18-50-21(3)25(16-31(44)41(5)23-14-22(13-19)15-26(49-7)32(23)37)51-35(46)20(2)40(4)30(43)11-12-53-28-17-29(42)38-34(28)45/h8-10,14-15,20-21,24-25,27-28,33H,11-13,16-18H2,1-7H3,(H,39,47)(H,38,42,45)/b10-8+,19-9+/t20-,21?,24+,25-,27?,28?,33?/m0/s1. The lowest BCUT2D eigenvalue weighted by atomic mass is 10.0. The zero-order valence-corrected chi connectivity index (χ0v) is 32.4. The normalized spacial score (nSPS) is 27.5. The van der Waals surface area contributed by atoms with Gasteiger partial charge in [0, 0.05) is 39.8 Å². The summed E-state index contributed by atoms with van der Waals surface area (Å²) in [5, 5.41) is 4.66. The van der Waals surface area contributed by atoms with Gasteiger partial charge in [-0.25, -0.2) is 9.59 Å². The maximum atomic E-state index is 13.9. The average Bonchev–Trinajstić information content (AvgIpc) is 3.66. The van der Waals surface area contributed by atoms with E-state index in [0.29, 0.717) is 17.9 Å². The summed E-state index contributed by atoms with van der Waals surface area (Å²) < 4.78 is 28.7. The van der Waals surface area contributed by atoms with Crippen LogP contribution in [0.4, 0.5) is 10.5 Å². The molecular weight excluding hydrogens is 732 g/mol. The molecule has 0 aromatic heterocycles. The van der Waals surface area contributed by atoms with Crippen molar-refractivity contribution in [1.29, 1.82) is 0 Å². The number of benzene rings is 1. The van der Waals surface area contributed by atoms with Crippen molar-refractivity contribution in [2.24, 2.45) is 0 Å². The summed E-state index contributed by atoms with van der Waals surface area (Å²) in [6, 6.07) is 1.92. The second-order valence-electron chi connectivity index (χ2n) is 13.1. The number of thioether (sulfide) groups is 1. The number of hydrogen-bond donors (Lipinski definition) is 2. The molecular formula is C36H47ClN4O11S. The quantitative estimate of drug-likeness (QED) is 0.277. The number of nitrogens with one attached hydrogen (secondary N) is 2. The number of nitrogens with zero attached hydrogens (tertiary/aromatic N) is 2. The Morgan fingerprint density at radius 1 is 1.17 bits per heavy atom. The molecule has 15 nitrogen and oxygen atoms in total. The van der Waals surface area contributed by atoms with Crippen LogP contribution in [0.3, 0.4) is 0 Å². The summed E-state index contributed by atoms with van der Waals surface area (Å²) in [7, 11) is 6.00. The third-order valence-corrected chi connectivity index (χ3v) is 10.9. The van der Waals surface area contributed by atoms with Crippen molar-refractivity contribution in [3.8, 4) is 5.75 Å². The van der Waals surface area contributed by atoms with Crippen LogP contribution in [0.2, 0.25) is 5.02 Å². The number of imide groups is 1. The van der Waals surface area contributed by atoms with Gasteiger partial charge in [0.05, 0.1) is 43.3 Å². The Morgan fingerprint density at radius 2 is 1.91 bits per heavy atom. The second-order valence-corrected chi connectivity index (χ2v) is 14.8. The fourth-order valence-corrected chi connectivity index (χ4v) is 7.32. The minimum absolute atomic E-state index is 0.00848. The first-order chi connectivity index (χ1) is 25.1. The van der Waals surface area contributed by atoms with Gasteiger partial charge < -0.3 is 38.8 Å². The molecule has 0 saturated carbocycles. The number of methoxy groups -OCH3 is 2. The van der Waals surface area contributed by atoms with Gasteiger partial charge in [-0.15, -0.1) is 11.8 Å². The molecule has 3 aliphatic rings. The van der Waals surface area contributed by atoms with E-state index in [9.17, 15) is 28.8 Å². The van der Waals surface area contributed by atoms with Crippen molar-refractivity contribution in [2.75, 3.05) is 45.6 Å². The van der Waals surface area contributed by atoms with Gasteiger partial charge in [0.15, 0.2) is 0 Å². The molecule has 3 heterocycles. The molecule has 4 unspecified atom stereocenters. The average molecular weight is 779 g/mol. The van der Waals surface area contributed by atoms with Crippen molar-refractivity contribution in [1.82, 2.24) is 15.5 Å². The van der Waals surface area contributed by atoms with Crippen LogP contribution in [0.15, 0.2) is 35.9 Å². The van der Waals surface area contributed by atoms with Crippen molar-refractivity contribution in [3.63, 3.8) is 0 Å². The Balaban J connectivity index is 1.57. The van der Waals surface area contributed by atoms with Gasteiger partial charge in [0.2, 0.25) is 23.6 Å². The van der Waals surface area contributed by atoms with Crippen LogP contribution in [0.1, 0.15) is 45.6 Å². The van der Waals surface area contributed by atoms with E-state index in [1.54, 1.807) is 32.2 Å². The fraction of sp³-hybridized carbons (Fsp3) is 0.556. The number of allylic oxidation sites excluding steroid dienone is 3. The van der Waals surface area contributed by atoms with Crippen LogP contribution in [-0.4, -0.2) is 123 Å². The monoisotopic (exact) mass is 778 g/mol. The van der Waals surface area contributed by atoms with Gasteiger partial charge in [0.1, 0.15) is 35.1 Å². The van der Waals surface area contributed by atoms with E-state index in [0.717, 1.165) is 11.1 Å². The summed E-state index contributed by atoms with van der Waals surface area (Å²) in [5.41, 5.74) is 2.18. The number of amides is 5. The molecule has 3 aliphatic heterocycles. The minimum Gasteiger partial charge on any atom is -0.495 e. The second kappa shape index (κ2) is 18.8. The summed E-state index contributed by atoms with van der Waals surface area (Å²) >= 11 is 7.89. The number of hydrogen-bond acceptors (Lipinski definition) is 12.